The van der Waals surface area contributed by atoms with Crippen LogP contribution in [0, 0.1) is 28.1 Å². The van der Waals surface area contributed by atoms with Crippen LogP contribution in [0.2, 0.25) is 0 Å². The van der Waals surface area contributed by atoms with Crippen molar-refractivity contribution in [3.05, 3.63) is 22.8 Å². The Kier molecular flexibility index (Phi) is 4.66. The predicted octanol–water partition coefficient (Wildman–Crippen LogP) is 3.04. The van der Waals surface area contributed by atoms with Gasteiger partial charge in [-0.15, -0.1) is 0 Å². The van der Waals surface area contributed by atoms with Crippen LogP contribution in [0.15, 0.2) is 22.8 Å². The Labute approximate surface area is 199 Å². The Hall–Kier alpha value is -2.48. The molecule has 0 amide bonds. The number of hydrogen-bond acceptors (Lipinski definition) is 8. The van der Waals surface area contributed by atoms with E-state index in [-0.39, 0.29) is 24.1 Å². The zero-order valence-corrected chi connectivity index (χ0v) is 20.8. The number of esters is 3. The van der Waals surface area contributed by atoms with E-state index >= 15 is 0 Å². The summed E-state index contributed by atoms with van der Waals surface area (Å²) in [6.45, 7) is 10.9. The number of allylic oxidation sites excluding steroid dienone is 2. The summed E-state index contributed by atoms with van der Waals surface area (Å²) >= 11 is 0. The Morgan fingerprint density at radius 2 is 1.82 bits per heavy atom. The van der Waals surface area contributed by atoms with Crippen LogP contribution in [0.1, 0.15) is 60.8 Å². The van der Waals surface area contributed by atoms with Crippen LogP contribution in [0.5, 0.6) is 0 Å². The SMILES string of the molecule is COC(=O)[C@]12C(=O)[C@@H](C)O[C@@H]3OC(=O)[C@](C)(C[C@H]4C(C)=C5CC(=O)OC(C)(C)C5=CC[C@@]41C)[C@@H]32. The minimum Gasteiger partial charge on any atom is -0.468 e. The summed E-state index contributed by atoms with van der Waals surface area (Å²) in [7, 11) is 1.28. The summed E-state index contributed by atoms with van der Waals surface area (Å²) in [6, 6.07) is 0. The first-order valence-corrected chi connectivity index (χ1v) is 11.9. The molecule has 3 saturated heterocycles. The van der Waals surface area contributed by atoms with Crippen LogP contribution in [0.25, 0.3) is 0 Å². The summed E-state index contributed by atoms with van der Waals surface area (Å²) in [4.78, 5) is 53.7. The lowest BCUT2D eigenvalue weighted by Gasteiger charge is -2.61. The Balaban J connectivity index is 1.84. The van der Waals surface area contributed by atoms with Crippen molar-refractivity contribution < 1.29 is 38.1 Å². The monoisotopic (exact) mass is 472 g/mol. The quantitative estimate of drug-likeness (QED) is 0.326. The van der Waals surface area contributed by atoms with Crippen LogP contribution >= 0.6 is 0 Å². The van der Waals surface area contributed by atoms with Gasteiger partial charge in [0.25, 0.3) is 0 Å². The highest BCUT2D eigenvalue weighted by Gasteiger charge is 2.81. The van der Waals surface area contributed by atoms with E-state index in [9.17, 15) is 19.2 Å². The van der Waals surface area contributed by atoms with Crippen molar-refractivity contribution in [2.24, 2.45) is 28.1 Å². The lowest BCUT2D eigenvalue weighted by Crippen LogP contribution is -2.72. The van der Waals surface area contributed by atoms with Gasteiger partial charge in [0.2, 0.25) is 6.29 Å². The summed E-state index contributed by atoms with van der Waals surface area (Å²) in [5.41, 5.74) is -1.91. The standard InChI is InChI=1S/C26H32O8/c1-12-14-10-17(27)34-23(3,4)15(14)8-9-25(6)16(12)11-24(5)18-20(33-21(24)29)32-13(2)19(28)26(18,25)22(30)31-7/h8,13,16,18,20H,9-11H2,1-7H3/t13-,16+,18-,20-,24-,25+,26+/m1/s1. The number of Topliss-reactive ketones (excluding diaryl/α,β-unsaturated/α-hetero) is 1. The van der Waals surface area contributed by atoms with Crippen molar-refractivity contribution in [1.82, 2.24) is 0 Å². The minimum atomic E-state index is -1.66. The van der Waals surface area contributed by atoms with Gasteiger partial charge in [0.1, 0.15) is 17.1 Å². The van der Waals surface area contributed by atoms with Crippen LogP contribution in [0.4, 0.5) is 0 Å². The Morgan fingerprint density at radius 1 is 1.15 bits per heavy atom. The number of methoxy groups -OCH3 is 1. The highest BCUT2D eigenvalue weighted by molar-refractivity contribution is 6.09. The maximum absolute atomic E-state index is 14.1. The molecule has 5 aliphatic rings. The van der Waals surface area contributed by atoms with Gasteiger partial charge in [-0.25, -0.2) is 0 Å². The number of hydrogen-bond donors (Lipinski definition) is 0. The maximum Gasteiger partial charge on any atom is 0.320 e. The molecule has 1 saturated carbocycles. The number of ether oxygens (including phenoxy) is 4. The summed E-state index contributed by atoms with van der Waals surface area (Å²) < 4.78 is 22.5. The molecule has 3 aliphatic heterocycles. The van der Waals surface area contributed by atoms with E-state index in [0.29, 0.717) is 12.8 Å². The average Bonchev–Trinajstić information content (AvgIpc) is 2.93. The molecular formula is C26H32O8. The molecule has 5 rings (SSSR count). The zero-order chi connectivity index (χ0) is 25.0. The molecule has 0 bridgehead atoms. The summed E-state index contributed by atoms with van der Waals surface area (Å²) in [5.74, 6) is -3.00. The first kappa shape index (κ1) is 23.3. The van der Waals surface area contributed by atoms with Gasteiger partial charge >= 0.3 is 17.9 Å². The van der Waals surface area contributed by atoms with E-state index < -0.39 is 52.1 Å². The Bertz CT molecular complexity index is 1100. The van der Waals surface area contributed by atoms with Gasteiger partial charge in [0.05, 0.1) is 24.9 Å². The van der Waals surface area contributed by atoms with Crippen molar-refractivity contribution in [2.75, 3.05) is 7.11 Å². The molecular weight excluding hydrogens is 440 g/mol. The van der Waals surface area contributed by atoms with Gasteiger partial charge in [-0.3, -0.25) is 19.2 Å². The highest BCUT2D eigenvalue weighted by Crippen LogP contribution is 2.72. The molecule has 3 heterocycles. The fraction of sp³-hybridized carbons (Fsp3) is 0.692. The molecule has 8 nitrogen and oxygen atoms in total. The van der Waals surface area contributed by atoms with Gasteiger partial charge in [-0.2, -0.15) is 0 Å². The maximum atomic E-state index is 14.1. The third-order valence-electron chi connectivity index (χ3n) is 9.41. The highest BCUT2D eigenvalue weighted by atomic mass is 16.7. The molecule has 0 N–H and O–H groups in total. The van der Waals surface area contributed by atoms with Crippen molar-refractivity contribution in [3.8, 4) is 0 Å². The second kappa shape index (κ2) is 6.80. The third-order valence-corrected chi connectivity index (χ3v) is 9.41. The van der Waals surface area contributed by atoms with Gasteiger partial charge < -0.3 is 18.9 Å². The van der Waals surface area contributed by atoms with E-state index in [1.165, 1.54) is 7.11 Å². The molecule has 0 aromatic rings. The molecule has 0 spiro atoms. The molecule has 0 aromatic heterocycles. The topological polar surface area (TPSA) is 105 Å². The second-order valence-electron chi connectivity index (χ2n) is 11.4. The summed E-state index contributed by atoms with van der Waals surface area (Å²) in [6.07, 6.45) is 0.918. The van der Waals surface area contributed by atoms with E-state index in [0.717, 1.165) is 16.7 Å². The second-order valence-corrected chi connectivity index (χ2v) is 11.4. The van der Waals surface area contributed by atoms with Crippen LogP contribution in [0.3, 0.4) is 0 Å². The third kappa shape index (κ3) is 2.47. The van der Waals surface area contributed by atoms with Crippen molar-refractivity contribution in [1.29, 1.82) is 0 Å². The van der Waals surface area contributed by atoms with Crippen LogP contribution in [-0.2, 0) is 38.1 Å². The zero-order valence-electron chi connectivity index (χ0n) is 20.8. The molecule has 0 unspecified atom stereocenters. The number of ketones is 1. The van der Waals surface area contributed by atoms with Crippen molar-refractivity contribution in [2.45, 2.75) is 78.8 Å². The number of rotatable bonds is 1. The summed E-state index contributed by atoms with van der Waals surface area (Å²) in [5, 5.41) is 0. The van der Waals surface area contributed by atoms with Gasteiger partial charge in [0.15, 0.2) is 5.78 Å². The molecule has 34 heavy (non-hydrogen) atoms. The van der Waals surface area contributed by atoms with Gasteiger partial charge in [-0.1, -0.05) is 18.6 Å². The molecule has 2 aliphatic carbocycles. The Morgan fingerprint density at radius 3 is 2.47 bits per heavy atom. The van der Waals surface area contributed by atoms with Crippen LogP contribution < -0.4 is 0 Å². The van der Waals surface area contributed by atoms with E-state index in [4.69, 9.17) is 18.9 Å². The van der Waals surface area contributed by atoms with Crippen molar-refractivity contribution in [3.63, 3.8) is 0 Å². The minimum absolute atomic E-state index is 0.111. The molecule has 0 aromatic carbocycles. The predicted molar refractivity (Wildman–Crippen MR) is 118 cm³/mol. The molecule has 184 valence electrons. The van der Waals surface area contributed by atoms with E-state index in [1.807, 2.05) is 33.8 Å². The smallest absolute Gasteiger partial charge is 0.320 e. The lowest BCUT2D eigenvalue weighted by molar-refractivity contribution is -0.251. The largest absolute Gasteiger partial charge is 0.468 e. The van der Waals surface area contributed by atoms with E-state index in [2.05, 4.69) is 0 Å². The number of fused-ring (bicyclic) bond motifs is 3. The van der Waals surface area contributed by atoms with E-state index in [1.54, 1.807) is 13.8 Å². The number of carbonyl (C=O) groups excluding carboxylic acids is 4. The van der Waals surface area contributed by atoms with Crippen LogP contribution in [-0.4, -0.2) is 48.8 Å². The number of cyclic esters (lactones) is 1. The average molecular weight is 473 g/mol. The molecule has 0 radical (unpaired) electrons. The fourth-order valence-corrected chi connectivity index (χ4v) is 7.81. The molecule has 4 fully saturated rings. The fourth-order valence-electron chi connectivity index (χ4n) is 7.81. The first-order valence-electron chi connectivity index (χ1n) is 11.9. The first-order chi connectivity index (χ1) is 15.8. The normalized spacial score (nSPS) is 44.7. The molecule has 7 atom stereocenters. The molecule has 8 heteroatoms. The number of carbonyl (C=O) groups is 4. The lowest BCUT2D eigenvalue weighted by atomic mass is 9.39. The van der Waals surface area contributed by atoms with Gasteiger partial charge in [-0.05, 0) is 64.5 Å². The van der Waals surface area contributed by atoms with Crippen molar-refractivity contribution >= 4 is 23.7 Å². The van der Waals surface area contributed by atoms with Gasteiger partial charge in [0, 0.05) is 5.41 Å².